The highest BCUT2D eigenvalue weighted by molar-refractivity contribution is 7.91. The summed E-state index contributed by atoms with van der Waals surface area (Å²) >= 11 is 0. The van der Waals surface area contributed by atoms with Gasteiger partial charge in [-0.25, -0.2) is 18.2 Å². The molecule has 3 bridgehead atoms. The number of hydrogen-bond acceptors (Lipinski definition) is 12. The molecule has 1 aromatic carbocycles. The number of para-hydroxylation sites is 1. The number of nitrogens with one attached hydrogen (secondary N) is 3. The smallest absolute Gasteiger partial charge is 0.408 e. The van der Waals surface area contributed by atoms with Crippen molar-refractivity contribution < 1.29 is 46.5 Å². The monoisotopic (exact) mass is 890 g/mol. The molecule has 9 rings (SSSR count). The van der Waals surface area contributed by atoms with E-state index in [2.05, 4.69) is 20.3 Å². The zero-order chi connectivity index (χ0) is 43.8. The van der Waals surface area contributed by atoms with Crippen LogP contribution in [0, 0.1) is 11.8 Å². The van der Waals surface area contributed by atoms with E-state index in [1.54, 1.807) is 6.92 Å². The summed E-state index contributed by atoms with van der Waals surface area (Å²) in [7, 11) is -4.00. The van der Waals surface area contributed by atoms with Gasteiger partial charge < -0.3 is 34.5 Å². The van der Waals surface area contributed by atoms with Gasteiger partial charge in [0, 0.05) is 37.4 Å². The number of carbonyl (C=O) groups excluding carboxylic acids is 4. The molecular formula is C46H62N6O10S. The predicted molar refractivity (Wildman–Crippen MR) is 232 cm³/mol. The number of carbonyl (C=O) groups is 4. The third kappa shape index (κ3) is 9.65. The summed E-state index contributed by atoms with van der Waals surface area (Å²) in [6.07, 6.45) is 11.8. The topological polar surface area (TPSA) is 195 Å². The average molecular weight is 891 g/mol. The first kappa shape index (κ1) is 43.8. The van der Waals surface area contributed by atoms with Crippen molar-refractivity contribution in [1.82, 2.24) is 30.1 Å². The van der Waals surface area contributed by atoms with Crippen molar-refractivity contribution in [3.05, 3.63) is 42.0 Å². The van der Waals surface area contributed by atoms with Gasteiger partial charge in [-0.3, -0.25) is 24.0 Å². The molecule has 0 spiro atoms. The molecule has 2 aromatic rings. The van der Waals surface area contributed by atoms with E-state index in [4.69, 9.17) is 23.9 Å². The highest BCUT2D eigenvalue weighted by Crippen LogP contribution is 2.48. The summed E-state index contributed by atoms with van der Waals surface area (Å²) in [6, 6.07) is 5.74. The highest BCUT2D eigenvalue weighted by Gasteiger charge is 2.63. The number of pyridine rings is 1. The lowest BCUT2D eigenvalue weighted by Crippen LogP contribution is -2.58. The Morgan fingerprint density at radius 2 is 1.79 bits per heavy atom. The van der Waals surface area contributed by atoms with E-state index in [9.17, 15) is 27.6 Å². The van der Waals surface area contributed by atoms with Gasteiger partial charge in [0.05, 0.1) is 35.6 Å². The highest BCUT2D eigenvalue weighted by atomic mass is 32.2. The summed E-state index contributed by atoms with van der Waals surface area (Å²) in [5.41, 5.74) is 0.0119. The Balaban J connectivity index is 1.05. The van der Waals surface area contributed by atoms with Crippen LogP contribution >= 0.6 is 0 Å². The Labute approximate surface area is 369 Å². The van der Waals surface area contributed by atoms with Crippen LogP contribution in [0.1, 0.15) is 102 Å². The number of aromatic nitrogens is 1. The van der Waals surface area contributed by atoms with Gasteiger partial charge in [0.25, 0.3) is 5.91 Å². The van der Waals surface area contributed by atoms with Gasteiger partial charge in [-0.15, -0.1) is 0 Å². The van der Waals surface area contributed by atoms with Crippen LogP contribution in [0.15, 0.2) is 36.4 Å². The van der Waals surface area contributed by atoms with Crippen LogP contribution in [0.4, 0.5) is 4.79 Å². The van der Waals surface area contributed by atoms with Gasteiger partial charge in [0.2, 0.25) is 27.7 Å². The van der Waals surface area contributed by atoms with Crippen molar-refractivity contribution in [2.24, 2.45) is 11.8 Å². The molecule has 1 aromatic heterocycles. The minimum absolute atomic E-state index is 0.00523. The molecular weight excluding hydrogens is 829 g/mol. The molecule has 0 radical (unpaired) electrons. The number of hydrogen-bond donors (Lipinski definition) is 3. The van der Waals surface area contributed by atoms with Crippen molar-refractivity contribution in [2.75, 3.05) is 46.0 Å². The van der Waals surface area contributed by atoms with Crippen molar-refractivity contribution in [3.63, 3.8) is 0 Å². The lowest BCUT2D eigenvalue weighted by molar-refractivity contribution is -0.141. The van der Waals surface area contributed by atoms with Crippen molar-refractivity contribution in [3.8, 4) is 11.6 Å². The van der Waals surface area contributed by atoms with Crippen molar-refractivity contribution in [1.29, 1.82) is 0 Å². The Morgan fingerprint density at radius 1 is 1.00 bits per heavy atom. The van der Waals surface area contributed by atoms with Crippen LogP contribution in [0.3, 0.4) is 0 Å². The number of ether oxygens (including phenoxy) is 4. The summed E-state index contributed by atoms with van der Waals surface area (Å²) in [5, 5.41) is 6.71. The third-order valence-electron chi connectivity index (χ3n) is 14.3. The van der Waals surface area contributed by atoms with Crippen LogP contribution in [0.2, 0.25) is 0 Å². The average Bonchev–Trinajstić information content (AvgIpc) is 4.23. The molecule has 0 unspecified atom stereocenters. The molecule has 4 amide bonds. The van der Waals surface area contributed by atoms with E-state index < -0.39 is 68.2 Å². The number of sulfonamides is 1. The number of benzene rings is 1. The fourth-order valence-corrected chi connectivity index (χ4v) is 11.1. The molecule has 16 nitrogen and oxygen atoms in total. The van der Waals surface area contributed by atoms with Gasteiger partial charge in [-0.2, -0.15) is 0 Å². The fraction of sp³-hybridized carbons (Fsp3) is 0.674. The second-order valence-corrected chi connectivity index (χ2v) is 21.2. The molecule has 17 heteroatoms. The van der Waals surface area contributed by atoms with Crippen LogP contribution < -0.4 is 24.8 Å². The molecule has 7 atom stereocenters. The van der Waals surface area contributed by atoms with Gasteiger partial charge in [-0.05, 0) is 89.2 Å². The molecule has 3 saturated carbocycles. The van der Waals surface area contributed by atoms with Gasteiger partial charge in [-0.1, -0.05) is 50.0 Å². The summed E-state index contributed by atoms with van der Waals surface area (Å²) < 4.78 is 52.8. The Morgan fingerprint density at radius 3 is 2.62 bits per heavy atom. The van der Waals surface area contributed by atoms with E-state index in [-0.39, 0.29) is 31.4 Å². The second kappa shape index (κ2) is 18.2. The maximum atomic E-state index is 14.8. The number of rotatable bonds is 7. The maximum Gasteiger partial charge on any atom is 0.408 e. The van der Waals surface area contributed by atoms with E-state index in [1.807, 2.05) is 36.4 Å². The maximum absolute atomic E-state index is 14.8. The van der Waals surface area contributed by atoms with Gasteiger partial charge in [0.15, 0.2) is 0 Å². The summed E-state index contributed by atoms with van der Waals surface area (Å²) in [5.74, 6) is -0.900. The molecule has 5 fully saturated rings. The largest absolute Gasteiger partial charge is 0.491 e. The fourth-order valence-electron chi connectivity index (χ4n) is 9.76. The van der Waals surface area contributed by atoms with Crippen molar-refractivity contribution >= 4 is 44.7 Å². The molecule has 3 aliphatic carbocycles. The van der Waals surface area contributed by atoms with E-state index in [0.29, 0.717) is 75.5 Å². The first-order valence-electron chi connectivity index (χ1n) is 23.3. The number of nitrogens with zero attached hydrogens (tertiary/aromatic N) is 3. The van der Waals surface area contributed by atoms with E-state index in [0.717, 1.165) is 75.5 Å². The SMILES string of the molecule is CC1(S(=O)(=O)NC(=O)[C@@]23C[C@H]2/C=C/CCCCC[C@@H]2NC(=O)O[C@@H]4C[C@H]4CCCCCc4c(nc5ccccc5c4OCCN4CCOCC4)O[C@H]4C[C@H](C(=O)N3)N(C4)C2=O)CC1. The first-order chi connectivity index (χ1) is 30.4. The molecule has 4 aliphatic heterocycles. The Hall–Kier alpha value is -4.48. The number of fused-ring (bicyclic) bond motifs is 6. The molecule has 7 aliphatic rings. The molecule has 3 N–H and O–H groups in total. The normalized spacial score (nSPS) is 32.0. The van der Waals surface area contributed by atoms with Crippen LogP contribution in [-0.4, -0.2) is 128 Å². The minimum Gasteiger partial charge on any atom is -0.491 e. The number of alkyl carbamates (subject to hydrolysis) is 1. The van der Waals surface area contributed by atoms with E-state index >= 15 is 0 Å². The zero-order valence-electron chi connectivity index (χ0n) is 36.3. The lowest BCUT2D eigenvalue weighted by Gasteiger charge is -2.30. The minimum atomic E-state index is -4.00. The molecule has 2 saturated heterocycles. The summed E-state index contributed by atoms with van der Waals surface area (Å²) in [4.78, 5) is 65.8. The standard InChI is InChI=1S/C46H62N6O10S/c1-45(18-19-45)63(57,58)50-43(55)46-28-31(46)13-7-3-2-4-9-17-36-42(54)52-29-32(27-37(52)40(53)49-46)61-41-34(15-8-5-6-12-30-26-38(30)62-44(56)48-36)39(33-14-10-11-16-35(33)47-41)60-25-22-51-20-23-59-24-21-51/h7,10-11,13-14,16,30-32,36-38H,2-6,8-9,12,15,17-29H2,1H3,(H,48,56)(H,49,53)(H,50,55)/b13-7+/t30-,31-,32+,36+,37-,38-,46-/m1/s1. The molecule has 5 heterocycles. The predicted octanol–water partition coefficient (Wildman–Crippen LogP) is 4.29. The number of allylic oxidation sites excluding steroid dienone is 1. The van der Waals surface area contributed by atoms with Gasteiger partial charge >= 0.3 is 6.09 Å². The molecule has 63 heavy (non-hydrogen) atoms. The quantitative estimate of drug-likeness (QED) is 0.335. The van der Waals surface area contributed by atoms with Crippen LogP contribution in [0.5, 0.6) is 11.6 Å². The Bertz CT molecular complexity index is 2210. The zero-order valence-corrected chi connectivity index (χ0v) is 37.1. The molecule has 342 valence electrons. The van der Waals surface area contributed by atoms with Gasteiger partial charge in [0.1, 0.15) is 42.2 Å². The second-order valence-electron chi connectivity index (χ2n) is 19.0. The van der Waals surface area contributed by atoms with E-state index in [1.165, 1.54) is 4.90 Å². The first-order valence-corrected chi connectivity index (χ1v) is 24.8. The number of amides is 4. The summed E-state index contributed by atoms with van der Waals surface area (Å²) in [6.45, 7) is 5.86. The van der Waals surface area contributed by atoms with Crippen LogP contribution in [0.25, 0.3) is 10.9 Å². The lowest BCUT2D eigenvalue weighted by atomic mass is 10.0. The Kier molecular flexibility index (Phi) is 12.6. The van der Waals surface area contributed by atoms with Crippen LogP contribution in [-0.2, 0) is 40.3 Å². The third-order valence-corrected chi connectivity index (χ3v) is 16.5. The number of morpholine rings is 1. The van der Waals surface area contributed by atoms with Crippen molar-refractivity contribution in [2.45, 2.75) is 138 Å².